The number of aryl methyl sites for hydroxylation is 2. The van der Waals surface area contributed by atoms with E-state index in [2.05, 4.69) is 20.7 Å². The van der Waals surface area contributed by atoms with Gasteiger partial charge in [-0.25, -0.2) is 14.6 Å². The molecule has 1 fully saturated rings. The molecule has 230 valence electrons. The van der Waals surface area contributed by atoms with Crippen LogP contribution in [0.5, 0.6) is 5.88 Å². The van der Waals surface area contributed by atoms with Crippen LogP contribution in [-0.4, -0.2) is 71.5 Å². The van der Waals surface area contributed by atoms with Gasteiger partial charge in [0.25, 0.3) is 0 Å². The number of aliphatic hydroxyl groups excluding tert-OH is 3. The molecule has 0 spiro atoms. The second kappa shape index (κ2) is 12.2. The average molecular weight is 600 g/mol. The average Bonchev–Trinajstić information content (AvgIpc) is 3.75. The third kappa shape index (κ3) is 5.71. The minimum Gasteiger partial charge on any atom is -0.478 e. The van der Waals surface area contributed by atoms with Gasteiger partial charge in [-0.1, -0.05) is 12.1 Å². The Morgan fingerprint density at radius 2 is 1.86 bits per heavy atom. The number of aromatic nitrogens is 5. The summed E-state index contributed by atoms with van der Waals surface area (Å²) < 4.78 is 13.7. The molecule has 5 aromatic rings. The molecule has 6 rings (SSSR count). The van der Waals surface area contributed by atoms with E-state index in [-0.39, 0.29) is 12.6 Å². The molecule has 5 N–H and O–H groups in total. The highest BCUT2D eigenvalue weighted by atomic mass is 16.5. The molecule has 12 heteroatoms. The van der Waals surface area contributed by atoms with E-state index in [9.17, 15) is 15.3 Å². The molecular formula is C32H37N7O5. The summed E-state index contributed by atoms with van der Waals surface area (Å²) in [6.07, 6.45) is 1.86. The number of anilines is 2. The van der Waals surface area contributed by atoms with Crippen molar-refractivity contribution in [3.63, 3.8) is 0 Å². The Labute approximate surface area is 254 Å². The van der Waals surface area contributed by atoms with Gasteiger partial charge in [0.1, 0.15) is 17.7 Å². The van der Waals surface area contributed by atoms with E-state index in [1.165, 1.54) is 0 Å². The maximum Gasteiger partial charge on any atom is 0.225 e. The summed E-state index contributed by atoms with van der Waals surface area (Å²) >= 11 is 0. The molecule has 0 bridgehead atoms. The van der Waals surface area contributed by atoms with Crippen molar-refractivity contribution in [1.29, 1.82) is 0 Å². The monoisotopic (exact) mass is 599 g/mol. The van der Waals surface area contributed by atoms with E-state index in [1.54, 1.807) is 10.9 Å². The molecule has 1 aromatic carbocycles. The van der Waals surface area contributed by atoms with Crippen LogP contribution >= 0.6 is 0 Å². The summed E-state index contributed by atoms with van der Waals surface area (Å²) in [7, 11) is 0. The zero-order valence-corrected chi connectivity index (χ0v) is 25.1. The molecule has 44 heavy (non-hydrogen) atoms. The van der Waals surface area contributed by atoms with Crippen LogP contribution < -0.4 is 15.4 Å². The molecule has 0 saturated heterocycles. The highest BCUT2D eigenvalue weighted by Crippen LogP contribution is 2.38. The van der Waals surface area contributed by atoms with Gasteiger partial charge in [0.2, 0.25) is 11.8 Å². The van der Waals surface area contributed by atoms with Crippen molar-refractivity contribution in [2.75, 3.05) is 23.8 Å². The number of nitrogens with zero attached hydrogens (tertiary/aromatic N) is 5. The molecule has 5 atom stereocenters. The predicted octanol–water partition coefficient (Wildman–Crippen LogP) is 4.17. The number of aliphatic hydroxyl groups is 3. The lowest BCUT2D eigenvalue weighted by Gasteiger charge is -2.22. The Kier molecular flexibility index (Phi) is 8.21. The smallest absolute Gasteiger partial charge is 0.225 e. The fraction of sp³-hybridized carbons (Fsp3) is 0.375. The largest absolute Gasteiger partial charge is 0.478 e. The lowest BCUT2D eigenvalue weighted by atomic mass is 10.1. The van der Waals surface area contributed by atoms with Crippen molar-refractivity contribution in [2.45, 2.75) is 58.4 Å². The summed E-state index contributed by atoms with van der Waals surface area (Å²) in [6, 6.07) is 13.0. The molecular weight excluding hydrogens is 562 g/mol. The minimum absolute atomic E-state index is 0.130. The molecule has 12 nitrogen and oxygen atoms in total. The van der Waals surface area contributed by atoms with Crippen LogP contribution in [0.4, 0.5) is 11.8 Å². The standard InChI is InChI=1S/C32H37N7O5/c1-5-43-26-15-21-14-25(44-30(21)19(4)34-26)27-18(3)36-32(38-31(27)37-24-13-22(16-40)28(41)29(24)42)35-17(2)20-7-9-23(10-8-20)39-12-6-11-33-39/h6-12,14-15,17,22,24,28-29,40-42H,5,13,16H2,1-4H3,(H2,35,36,37,38)/t17-,22-,24-,28-,29+/m1/s1. The van der Waals surface area contributed by atoms with Crippen molar-refractivity contribution < 1.29 is 24.5 Å². The molecule has 1 saturated carbocycles. The highest BCUT2D eigenvalue weighted by molar-refractivity contribution is 5.88. The van der Waals surface area contributed by atoms with Crippen LogP contribution in [0.1, 0.15) is 43.3 Å². The third-order valence-electron chi connectivity index (χ3n) is 8.14. The van der Waals surface area contributed by atoms with Crippen LogP contribution in [-0.2, 0) is 0 Å². The van der Waals surface area contributed by atoms with Crippen LogP contribution in [0.15, 0.2) is 59.3 Å². The summed E-state index contributed by atoms with van der Waals surface area (Å²) in [5.74, 6) is 1.41. The van der Waals surface area contributed by atoms with Gasteiger partial charge in [-0.05, 0) is 63.9 Å². The van der Waals surface area contributed by atoms with E-state index in [4.69, 9.17) is 19.1 Å². The second-order valence-corrected chi connectivity index (χ2v) is 11.2. The van der Waals surface area contributed by atoms with Gasteiger partial charge in [-0.3, -0.25) is 0 Å². The van der Waals surface area contributed by atoms with Gasteiger partial charge in [-0.2, -0.15) is 10.1 Å². The fourth-order valence-electron chi connectivity index (χ4n) is 5.80. The number of furan rings is 1. The Bertz CT molecular complexity index is 1740. The number of pyridine rings is 1. The van der Waals surface area contributed by atoms with Crippen LogP contribution in [0, 0.1) is 19.8 Å². The molecule has 0 radical (unpaired) electrons. The Morgan fingerprint density at radius 3 is 2.55 bits per heavy atom. The summed E-state index contributed by atoms with van der Waals surface area (Å²) in [6.45, 7) is 7.93. The van der Waals surface area contributed by atoms with Gasteiger partial charge < -0.3 is 35.1 Å². The lowest BCUT2D eigenvalue weighted by molar-refractivity contribution is 0.00446. The first-order chi connectivity index (χ1) is 21.2. The molecule has 0 unspecified atom stereocenters. The number of hydrogen-bond acceptors (Lipinski definition) is 11. The quantitative estimate of drug-likeness (QED) is 0.156. The summed E-state index contributed by atoms with van der Waals surface area (Å²) in [4.78, 5) is 14.1. The van der Waals surface area contributed by atoms with Gasteiger partial charge in [0.05, 0.1) is 47.4 Å². The van der Waals surface area contributed by atoms with Crippen LogP contribution in [0.25, 0.3) is 28.0 Å². The first kappa shape index (κ1) is 29.5. The maximum absolute atomic E-state index is 10.8. The SMILES string of the molecule is CCOc1cc2cc(-c3c(C)nc(N[C@H](C)c4ccc(-n5cccn5)cc4)nc3N[C@@H]3C[C@H](CO)[C@@H](O)[C@H]3O)oc2c(C)n1. The van der Waals surface area contributed by atoms with Gasteiger partial charge >= 0.3 is 0 Å². The number of hydrogen-bond donors (Lipinski definition) is 5. The van der Waals surface area contributed by atoms with E-state index >= 15 is 0 Å². The minimum atomic E-state index is -1.09. The number of ether oxygens (including phenoxy) is 1. The Balaban J connectivity index is 1.35. The number of fused-ring (bicyclic) bond motifs is 1. The Hall–Kier alpha value is -4.52. The normalized spacial score (nSPS) is 20.6. The molecule has 0 amide bonds. The van der Waals surface area contributed by atoms with Crippen molar-refractivity contribution in [3.8, 4) is 22.9 Å². The van der Waals surface area contributed by atoms with Crippen molar-refractivity contribution in [2.24, 2.45) is 5.92 Å². The maximum atomic E-state index is 10.8. The first-order valence-corrected chi connectivity index (χ1v) is 14.8. The van der Waals surface area contributed by atoms with Crippen molar-refractivity contribution in [1.82, 2.24) is 24.7 Å². The van der Waals surface area contributed by atoms with Crippen molar-refractivity contribution in [3.05, 3.63) is 71.8 Å². The van der Waals surface area contributed by atoms with Crippen molar-refractivity contribution >= 4 is 22.7 Å². The summed E-state index contributed by atoms with van der Waals surface area (Å²) in [5, 5.41) is 42.9. The number of nitrogens with one attached hydrogen (secondary N) is 2. The summed E-state index contributed by atoms with van der Waals surface area (Å²) in [5.41, 5.74) is 4.57. The Morgan fingerprint density at radius 1 is 1.07 bits per heavy atom. The van der Waals surface area contributed by atoms with E-state index in [0.717, 1.165) is 16.6 Å². The zero-order chi connectivity index (χ0) is 31.0. The lowest BCUT2D eigenvalue weighted by Crippen LogP contribution is -2.35. The number of benzene rings is 1. The molecule has 4 aromatic heterocycles. The third-order valence-corrected chi connectivity index (χ3v) is 8.14. The zero-order valence-electron chi connectivity index (χ0n) is 25.1. The van der Waals surface area contributed by atoms with Gasteiger partial charge in [0.15, 0.2) is 5.58 Å². The van der Waals surface area contributed by atoms with Gasteiger partial charge in [0, 0.05) is 36.4 Å². The molecule has 4 heterocycles. The fourth-order valence-corrected chi connectivity index (χ4v) is 5.80. The predicted molar refractivity (Wildman–Crippen MR) is 166 cm³/mol. The topological polar surface area (TPSA) is 164 Å². The second-order valence-electron chi connectivity index (χ2n) is 11.2. The number of rotatable bonds is 10. The van der Waals surface area contributed by atoms with E-state index in [0.29, 0.717) is 59.0 Å². The van der Waals surface area contributed by atoms with Gasteiger partial charge in [-0.15, -0.1) is 0 Å². The van der Waals surface area contributed by atoms with Crippen LogP contribution in [0.2, 0.25) is 0 Å². The van der Waals surface area contributed by atoms with Crippen LogP contribution in [0.3, 0.4) is 0 Å². The van der Waals surface area contributed by atoms with E-state index in [1.807, 2.05) is 76.4 Å². The molecule has 1 aliphatic carbocycles. The molecule has 0 aliphatic heterocycles. The van der Waals surface area contributed by atoms with E-state index < -0.39 is 24.2 Å². The highest BCUT2D eigenvalue weighted by Gasteiger charge is 2.41. The first-order valence-electron chi connectivity index (χ1n) is 14.8. The molecule has 1 aliphatic rings.